The molecule has 0 fully saturated rings. The third kappa shape index (κ3) is 1.68. The standard InChI is InChI=1S/C11H13NS/c1-8-4-3-5-10(9(8)2)6-11-7-13-12-11/h3-5,7,12H,6H2,1-2H3. The number of H-pyrrole nitrogens is 1. The molecule has 0 aliphatic carbocycles. The molecule has 0 spiro atoms. The lowest BCUT2D eigenvalue weighted by molar-refractivity contribution is 1.08. The summed E-state index contributed by atoms with van der Waals surface area (Å²) in [5.41, 5.74) is 5.56. The van der Waals surface area contributed by atoms with Gasteiger partial charge in [-0.3, -0.25) is 0 Å². The second-order valence-electron chi connectivity index (χ2n) is 3.40. The Kier molecular flexibility index (Phi) is 2.23. The van der Waals surface area contributed by atoms with Gasteiger partial charge in [0.05, 0.1) is 0 Å². The maximum absolute atomic E-state index is 3.22. The lowest BCUT2D eigenvalue weighted by atomic mass is 10.0. The molecule has 2 aromatic rings. The van der Waals surface area contributed by atoms with Gasteiger partial charge in [-0.15, -0.1) is 0 Å². The van der Waals surface area contributed by atoms with Crippen molar-refractivity contribution in [3.8, 4) is 0 Å². The minimum atomic E-state index is 1.04. The first kappa shape index (κ1) is 8.57. The van der Waals surface area contributed by atoms with Gasteiger partial charge in [-0.2, -0.15) is 0 Å². The molecule has 1 heterocycles. The molecule has 0 aliphatic rings. The fourth-order valence-corrected chi connectivity index (χ4v) is 1.87. The Morgan fingerprint density at radius 1 is 1.31 bits per heavy atom. The molecular formula is C11H13NS. The number of rotatable bonds is 2. The van der Waals surface area contributed by atoms with Gasteiger partial charge in [0.15, 0.2) is 0 Å². The summed E-state index contributed by atoms with van der Waals surface area (Å²) in [5, 5.41) is 2.17. The van der Waals surface area contributed by atoms with E-state index in [0.29, 0.717) is 0 Å². The van der Waals surface area contributed by atoms with E-state index in [0.717, 1.165) is 6.42 Å². The molecule has 68 valence electrons. The van der Waals surface area contributed by atoms with Crippen molar-refractivity contribution in [2.75, 3.05) is 0 Å². The number of benzene rings is 1. The van der Waals surface area contributed by atoms with Crippen molar-refractivity contribution in [1.29, 1.82) is 0 Å². The molecule has 0 radical (unpaired) electrons. The normalized spacial score (nSPS) is 10.6. The minimum absolute atomic E-state index is 1.04. The van der Waals surface area contributed by atoms with Crippen LogP contribution in [-0.4, -0.2) is 4.37 Å². The second-order valence-corrected chi connectivity index (χ2v) is 4.07. The van der Waals surface area contributed by atoms with E-state index in [1.807, 2.05) is 0 Å². The monoisotopic (exact) mass is 191 g/mol. The highest BCUT2D eigenvalue weighted by Crippen LogP contribution is 2.17. The molecular weight excluding hydrogens is 178 g/mol. The smallest absolute Gasteiger partial charge is 0.0407 e. The van der Waals surface area contributed by atoms with Gasteiger partial charge in [0.2, 0.25) is 0 Å². The van der Waals surface area contributed by atoms with Gasteiger partial charge in [0.25, 0.3) is 0 Å². The first-order valence-corrected chi connectivity index (χ1v) is 5.31. The van der Waals surface area contributed by atoms with E-state index >= 15 is 0 Å². The molecule has 0 aliphatic heterocycles. The van der Waals surface area contributed by atoms with Gasteiger partial charge in [0.1, 0.15) is 0 Å². The van der Waals surface area contributed by atoms with Crippen molar-refractivity contribution in [3.63, 3.8) is 0 Å². The molecule has 1 aromatic carbocycles. The summed E-state index contributed by atoms with van der Waals surface area (Å²) in [4.78, 5) is 0. The van der Waals surface area contributed by atoms with Crippen LogP contribution in [0.1, 0.15) is 22.4 Å². The van der Waals surface area contributed by atoms with Crippen molar-refractivity contribution < 1.29 is 0 Å². The van der Waals surface area contributed by atoms with Crippen LogP contribution >= 0.6 is 11.5 Å². The maximum Gasteiger partial charge on any atom is 0.0407 e. The molecule has 0 saturated heterocycles. The minimum Gasteiger partial charge on any atom is -0.314 e. The van der Waals surface area contributed by atoms with Gasteiger partial charge in [-0.1, -0.05) is 29.7 Å². The summed E-state index contributed by atoms with van der Waals surface area (Å²) < 4.78 is 3.22. The number of aryl methyl sites for hydroxylation is 1. The number of hydrogen-bond acceptors (Lipinski definition) is 1. The third-order valence-corrected chi connectivity index (χ3v) is 3.27. The molecule has 13 heavy (non-hydrogen) atoms. The average molecular weight is 191 g/mol. The van der Waals surface area contributed by atoms with Crippen molar-refractivity contribution >= 4 is 11.5 Å². The summed E-state index contributed by atoms with van der Waals surface area (Å²) in [5.74, 6) is 0. The Balaban J connectivity index is 2.28. The quantitative estimate of drug-likeness (QED) is 0.749. The molecule has 0 saturated carbocycles. The van der Waals surface area contributed by atoms with Crippen LogP contribution in [0.2, 0.25) is 0 Å². The van der Waals surface area contributed by atoms with Crippen molar-refractivity contribution in [3.05, 3.63) is 46.0 Å². The Hall–Kier alpha value is -1.02. The van der Waals surface area contributed by atoms with E-state index in [4.69, 9.17) is 0 Å². The van der Waals surface area contributed by atoms with E-state index in [1.54, 1.807) is 11.5 Å². The Morgan fingerprint density at radius 3 is 2.69 bits per heavy atom. The van der Waals surface area contributed by atoms with E-state index in [-0.39, 0.29) is 0 Å². The van der Waals surface area contributed by atoms with Gasteiger partial charge >= 0.3 is 0 Å². The molecule has 0 bridgehead atoms. The second kappa shape index (κ2) is 3.38. The van der Waals surface area contributed by atoms with Crippen LogP contribution in [0.5, 0.6) is 0 Å². The molecule has 2 heteroatoms. The highest BCUT2D eigenvalue weighted by atomic mass is 32.1. The first-order chi connectivity index (χ1) is 6.27. The Bertz CT molecular complexity index is 389. The third-order valence-electron chi connectivity index (χ3n) is 2.49. The highest BCUT2D eigenvalue weighted by molar-refractivity contribution is 7.04. The van der Waals surface area contributed by atoms with Gasteiger partial charge < -0.3 is 4.37 Å². The molecule has 0 amide bonds. The summed E-state index contributed by atoms with van der Waals surface area (Å²) >= 11 is 1.66. The van der Waals surface area contributed by atoms with Crippen LogP contribution in [0, 0.1) is 13.8 Å². The predicted octanol–water partition coefficient (Wildman–Crippen LogP) is 3.28. The summed E-state index contributed by atoms with van der Waals surface area (Å²) in [6.45, 7) is 4.35. The fraction of sp³-hybridized carbons (Fsp3) is 0.273. The summed E-state index contributed by atoms with van der Waals surface area (Å²) in [6, 6.07) is 6.49. The number of aromatic amines is 1. The van der Waals surface area contributed by atoms with Crippen LogP contribution in [-0.2, 0) is 6.42 Å². The van der Waals surface area contributed by atoms with Crippen LogP contribution in [0.3, 0.4) is 0 Å². The highest BCUT2D eigenvalue weighted by Gasteiger charge is 2.03. The fourth-order valence-electron chi connectivity index (χ4n) is 1.43. The molecule has 1 aromatic heterocycles. The van der Waals surface area contributed by atoms with Gasteiger partial charge in [-0.25, -0.2) is 0 Å². The molecule has 1 nitrogen and oxygen atoms in total. The van der Waals surface area contributed by atoms with E-state index in [1.165, 1.54) is 22.4 Å². The Labute approximate surface area is 82.6 Å². The molecule has 2 rings (SSSR count). The summed E-state index contributed by atoms with van der Waals surface area (Å²) in [6.07, 6.45) is 1.04. The zero-order valence-corrected chi connectivity index (χ0v) is 8.74. The van der Waals surface area contributed by atoms with Crippen LogP contribution < -0.4 is 0 Å². The lowest BCUT2D eigenvalue weighted by Crippen LogP contribution is -1.96. The van der Waals surface area contributed by atoms with Crippen LogP contribution in [0.15, 0.2) is 23.6 Å². The largest absolute Gasteiger partial charge is 0.314 e. The SMILES string of the molecule is Cc1cccc(Cc2cs[nH]2)c1C. The maximum atomic E-state index is 3.22. The first-order valence-electron chi connectivity index (χ1n) is 4.43. The van der Waals surface area contributed by atoms with Gasteiger partial charge in [-0.05, 0) is 30.5 Å². The summed E-state index contributed by atoms with van der Waals surface area (Å²) in [7, 11) is 0. The molecule has 0 unspecified atom stereocenters. The zero-order chi connectivity index (χ0) is 9.26. The lowest BCUT2D eigenvalue weighted by Gasteiger charge is -2.09. The topological polar surface area (TPSA) is 15.8 Å². The number of nitrogens with one attached hydrogen (secondary N) is 1. The van der Waals surface area contributed by atoms with Crippen LogP contribution in [0.4, 0.5) is 0 Å². The zero-order valence-electron chi connectivity index (χ0n) is 7.92. The Morgan fingerprint density at radius 2 is 2.08 bits per heavy atom. The number of hydrogen-bond donors (Lipinski definition) is 1. The van der Waals surface area contributed by atoms with E-state index in [2.05, 4.69) is 41.8 Å². The van der Waals surface area contributed by atoms with Crippen molar-refractivity contribution in [2.24, 2.45) is 0 Å². The number of aromatic nitrogens is 1. The van der Waals surface area contributed by atoms with Crippen molar-refractivity contribution in [2.45, 2.75) is 20.3 Å². The van der Waals surface area contributed by atoms with E-state index in [9.17, 15) is 0 Å². The van der Waals surface area contributed by atoms with Gasteiger partial charge in [0, 0.05) is 17.5 Å². The van der Waals surface area contributed by atoms with E-state index < -0.39 is 0 Å². The predicted molar refractivity (Wildman–Crippen MR) is 57.4 cm³/mol. The average Bonchev–Trinajstić information content (AvgIpc) is 2.04. The van der Waals surface area contributed by atoms with Crippen molar-refractivity contribution in [1.82, 2.24) is 4.37 Å². The molecule has 0 atom stereocenters. The van der Waals surface area contributed by atoms with Crippen LogP contribution in [0.25, 0.3) is 0 Å². The molecule has 1 N–H and O–H groups in total.